The van der Waals surface area contributed by atoms with Crippen LogP contribution in [0.15, 0.2) is 43.0 Å². The lowest BCUT2D eigenvalue weighted by Crippen LogP contribution is -2.35. The van der Waals surface area contributed by atoms with Crippen LogP contribution in [-0.4, -0.2) is 68.2 Å². The first-order chi connectivity index (χ1) is 16.6. The molecule has 4 aromatic rings. The largest absolute Gasteiger partial charge is 0.494 e. The number of rotatable bonds is 7. The highest BCUT2D eigenvalue weighted by Crippen LogP contribution is 2.33. The van der Waals surface area contributed by atoms with Gasteiger partial charge in [-0.05, 0) is 50.0 Å². The van der Waals surface area contributed by atoms with E-state index in [2.05, 4.69) is 21.9 Å². The highest BCUT2D eigenvalue weighted by molar-refractivity contribution is 5.87. The predicted molar refractivity (Wildman–Crippen MR) is 130 cm³/mol. The first-order valence-corrected chi connectivity index (χ1v) is 11.6. The number of aromatic nitrogens is 5. The van der Waals surface area contributed by atoms with Crippen molar-refractivity contribution in [2.24, 2.45) is 5.92 Å². The highest BCUT2D eigenvalue weighted by atomic mass is 16.5. The fraction of sp³-hybridized carbons (Fsp3) is 0.400. The monoisotopic (exact) mass is 462 g/mol. The maximum absolute atomic E-state index is 10.9. The molecule has 1 aliphatic heterocycles. The van der Waals surface area contributed by atoms with Crippen LogP contribution < -0.4 is 9.47 Å². The van der Waals surface area contributed by atoms with Gasteiger partial charge in [0.2, 0.25) is 5.88 Å². The first kappa shape index (κ1) is 22.2. The minimum absolute atomic E-state index is 0.143. The summed E-state index contributed by atoms with van der Waals surface area (Å²) in [6.07, 6.45) is 9.79. The molecule has 5 heterocycles. The molecule has 0 bridgehead atoms. The number of ether oxygens (including phenoxy) is 2. The van der Waals surface area contributed by atoms with Crippen molar-refractivity contribution in [3.8, 4) is 34.5 Å². The van der Waals surface area contributed by atoms with Crippen molar-refractivity contribution < 1.29 is 14.6 Å². The molecule has 0 saturated carbocycles. The molecule has 1 saturated heterocycles. The smallest absolute Gasteiger partial charge is 0.256 e. The standard InChI is InChI=1S/C25H30N6O3/c1-17-6-8-29(9-7-17)10-11-30-15-19(14-27-30)31-16-22-20(25(31)32)4-5-21(28-22)18-12-23(33-2)24(34-3)26-13-18/h4-5,12-17,32H,6-11H2,1-3H3. The number of aromatic hydroxyl groups is 1. The summed E-state index contributed by atoms with van der Waals surface area (Å²) >= 11 is 0. The van der Waals surface area contributed by atoms with E-state index < -0.39 is 0 Å². The number of hydrogen-bond acceptors (Lipinski definition) is 7. The SMILES string of the molecule is COc1cc(-c2ccc3c(O)n(-c4cnn(CCN5CCC(C)CC5)c4)cc3n2)cnc1OC. The number of piperidine rings is 1. The molecular weight excluding hydrogens is 432 g/mol. The number of likely N-dealkylation sites (tertiary alicyclic amines) is 1. The number of fused-ring (bicyclic) bond motifs is 1. The van der Waals surface area contributed by atoms with E-state index in [-0.39, 0.29) is 5.88 Å². The predicted octanol–water partition coefficient (Wildman–Crippen LogP) is 3.74. The molecule has 0 atom stereocenters. The van der Waals surface area contributed by atoms with E-state index in [1.165, 1.54) is 12.8 Å². The fourth-order valence-corrected chi connectivity index (χ4v) is 4.43. The van der Waals surface area contributed by atoms with Gasteiger partial charge < -0.3 is 19.5 Å². The second-order valence-electron chi connectivity index (χ2n) is 8.87. The van der Waals surface area contributed by atoms with E-state index in [1.807, 2.05) is 35.3 Å². The van der Waals surface area contributed by atoms with Crippen molar-refractivity contribution in [3.05, 3.63) is 43.0 Å². The average Bonchev–Trinajstić information content (AvgIpc) is 3.47. The molecule has 0 spiro atoms. The summed E-state index contributed by atoms with van der Waals surface area (Å²) in [5.74, 6) is 1.93. The Bertz CT molecular complexity index is 1290. The minimum Gasteiger partial charge on any atom is -0.494 e. The van der Waals surface area contributed by atoms with Crippen molar-refractivity contribution >= 4 is 10.9 Å². The molecule has 0 unspecified atom stereocenters. The first-order valence-electron chi connectivity index (χ1n) is 11.6. The van der Waals surface area contributed by atoms with Gasteiger partial charge in [0.15, 0.2) is 5.75 Å². The van der Waals surface area contributed by atoms with Gasteiger partial charge in [0.25, 0.3) is 5.88 Å². The Labute approximate surface area is 198 Å². The summed E-state index contributed by atoms with van der Waals surface area (Å²) in [6.45, 7) is 6.45. The van der Waals surface area contributed by atoms with Gasteiger partial charge >= 0.3 is 0 Å². The van der Waals surface area contributed by atoms with Gasteiger partial charge in [-0.25, -0.2) is 9.97 Å². The van der Waals surface area contributed by atoms with Crippen molar-refractivity contribution in [3.63, 3.8) is 0 Å². The third-order valence-corrected chi connectivity index (χ3v) is 6.59. The van der Waals surface area contributed by atoms with Crippen molar-refractivity contribution in [2.45, 2.75) is 26.3 Å². The molecule has 1 N–H and O–H groups in total. The van der Waals surface area contributed by atoms with E-state index in [1.54, 1.807) is 31.2 Å². The van der Waals surface area contributed by atoms with Gasteiger partial charge in [-0.3, -0.25) is 9.25 Å². The minimum atomic E-state index is 0.143. The van der Waals surface area contributed by atoms with Crippen LogP contribution in [0.4, 0.5) is 0 Å². The lowest BCUT2D eigenvalue weighted by atomic mass is 9.99. The molecule has 0 radical (unpaired) electrons. The van der Waals surface area contributed by atoms with Gasteiger partial charge in [0, 0.05) is 30.7 Å². The normalized spacial score (nSPS) is 15.1. The van der Waals surface area contributed by atoms with E-state index in [0.29, 0.717) is 22.5 Å². The molecule has 0 aromatic carbocycles. The summed E-state index contributed by atoms with van der Waals surface area (Å²) in [5, 5.41) is 16.0. The summed E-state index contributed by atoms with van der Waals surface area (Å²) in [5.41, 5.74) is 3.01. The molecule has 34 heavy (non-hydrogen) atoms. The van der Waals surface area contributed by atoms with Gasteiger partial charge in [-0.2, -0.15) is 5.10 Å². The zero-order valence-corrected chi connectivity index (χ0v) is 19.8. The molecule has 1 fully saturated rings. The van der Waals surface area contributed by atoms with Gasteiger partial charge in [0.05, 0.1) is 49.2 Å². The zero-order chi connectivity index (χ0) is 23.7. The Morgan fingerprint density at radius 3 is 2.65 bits per heavy atom. The number of nitrogens with zero attached hydrogens (tertiary/aromatic N) is 6. The topological polar surface area (TPSA) is 90.5 Å². The maximum atomic E-state index is 10.9. The molecular formula is C25H30N6O3. The maximum Gasteiger partial charge on any atom is 0.256 e. The van der Waals surface area contributed by atoms with Crippen LogP contribution in [0.2, 0.25) is 0 Å². The molecule has 5 rings (SSSR count). The lowest BCUT2D eigenvalue weighted by Gasteiger charge is -2.29. The number of methoxy groups -OCH3 is 2. The van der Waals surface area contributed by atoms with Crippen molar-refractivity contribution in [1.82, 2.24) is 29.2 Å². The third-order valence-electron chi connectivity index (χ3n) is 6.59. The quantitative estimate of drug-likeness (QED) is 0.447. The van der Waals surface area contributed by atoms with Gasteiger partial charge in [0.1, 0.15) is 0 Å². The summed E-state index contributed by atoms with van der Waals surface area (Å²) in [6, 6.07) is 5.56. The summed E-state index contributed by atoms with van der Waals surface area (Å²) in [7, 11) is 3.13. The van der Waals surface area contributed by atoms with Crippen LogP contribution in [0, 0.1) is 5.92 Å². The third kappa shape index (κ3) is 4.31. The van der Waals surface area contributed by atoms with E-state index >= 15 is 0 Å². The van der Waals surface area contributed by atoms with Crippen LogP contribution in [-0.2, 0) is 6.54 Å². The van der Waals surface area contributed by atoms with Crippen LogP contribution in [0.3, 0.4) is 0 Å². The number of pyridine rings is 2. The highest BCUT2D eigenvalue weighted by Gasteiger charge is 2.17. The van der Waals surface area contributed by atoms with Crippen LogP contribution in [0.5, 0.6) is 17.5 Å². The molecule has 1 aliphatic rings. The Morgan fingerprint density at radius 2 is 1.88 bits per heavy atom. The summed E-state index contributed by atoms with van der Waals surface area (Å²) < 4.78 is 14.2. The Morgan fingerprint density at radius 1 is 1.06 bits per heavy atom. The second-order valence-corrected chi connectivity index (χ2v) is 8.87. The fourth-order valence-electron chi connectivity index (χ4n) is 4.43. The van der Waals surface area contributed by atoms with Crippen molar-refractivity contribution in [1.29, 1.82) is 0 Å². The Hall–Kier alpha value is -3.59. The molecule has 9 nitrogen and oxygen atoms in total. The molecule has 178 valence electrons. The van der Waals surface area contributed by atoms with Gasteiger partial charge in [-0.1, -0.05) is 6.92 Å². The lowest BCUT2D eigenvalue weighted by molar-refractivity contribution is 0.184. The van der Waals surface area contributed by atoms with E-state index in [4.69, 9.17) is 14.5 Å². The Kier molecular flexibility index (Phi) is 6.10. The molecule has 4 aromatic heterocycles. The Balaban J connectivity index is 1.36. The van der Waals surface area contributed by atoms with Crippen molar-refractivity contribution in [2.75, 3.05) is 33.9 Å². The van der Waals surface area contributed by atoms with Crippen LogP contribution >= 0.6 is 0 Å². The second kappa shape index (κ2) is 9.34. The molecule has 0 aliphatic carbocycles. The van der Waals surface area contributed by atoms with E-state index in [9.17, 15) is 5.11 Å². The molecule has 9 heteroatoms. The van der Waals surface area contributed by atoms with Gasteiger partial charge in [-0.15, -0.1) is 0 Å². The number of hydrogen-bond donors (Lipinski definition) is 1. The molecule has 0 amide bonds. The summed E-state index contributed by atoms with van der Waals surface area (Å²) in [4.78, 5) is 11.5. The zero-order valence-electron chi connectivity index (χ0n) is 19.8. The van der Waals surface area contributed by atoms with Crippen LogP contribution in [0.1, 0.15) is 19.8 Å². The van der Waals surface area contributed by atoms with E-state index in [0.717, 1.165) is 49.0 Å². The van der Waals surface area contributed by atoms with Crippen LogP contribution in [0.25, 0.3) is 27.8 Å². The average molecular weight is 463 g/mol.